The third-order valence-corrected chi connectivity index (χ3v) is 0.615. The van der Waals surface area contributed by atoms with E-state index in [1.165, 1.54) is 6.42 Å². The average molecular weight is 461 g/mol. The van der Waals surface area contributed by atoms with Gasteiger partial charge in [-0.05, 0) is 6.42 Å². The predicted molar refractivity (Wildman–Crippen MR) is 155 cm³/mol. The minimum absolute atomic E-state index is 0. The lowest BCUT2D eigenvalue weighted by Gasteiger charge is -1.94. The van der Waals surface area contributed by atoms with Crippen LogP contribution in [0.15, 0.2) is 25.8 Å². The Morgan fingerprint density at radius 3 is 1.00 bits per heavy atom. The number of esters is 1. The third-order valence-electron chi connectivity index (χ3n) is 0.615. The first-order valence-electron chi connectivity index (χ1n) is 5.25. The van der Waals surface area contributed by atoms with E-state index in [1.54, 1.807) is 0 Å². The molecule has 0 saturated heterocycles. The van der Waals surface area contributed by atoms with Crippen molar-refractivity contribution >= 4 is 12.8 Å². The molecule has 0 aliphatic rings. The summed E-state index contributed by atoms with van der Waals surface area (Å²) in [6.45, 7) is 17.9. The number of ether oxygens (including phenoxy) is 1. The van der Waals surface area contributed by atoms with Crippen molar-refractivity contribution in [1.82, 2.24) is 0 Å². The van der Waals surface area contributed by atoms with E-state index in [0.717, 1.165) is 19.6 Å². The Labute approximate surface area is 198 Å². The van der Waals surface area contributed by atoms with Crippen molar-refractivity contribution in [1.29, 1.82) is 0 Å². The van der Waals surface area contributed by atoms with Crippen LogP contribution in [-0.2, 0) is 14.3 Å². The van der Waals surface area contributed by atoms with Crippen LogP contribution in [0.5, 0.6) is 0 Å². The van der Waals surface area contributed by atoms with Crippen molar-refractivity contribution in [3.05, 3.63) is 25.8 Å². The molecule has 0 aliphatic carbocycles. The van der Waals surface area contributed by atoms with E-state index in [9.17, 15) is 4.79 Å². The minimum atomic E-state index is -0.341. The molecule has 0 fully saturated rings. The second-order valence-corrected chi connectivity index (χ2v) is 2.08. The highest BCUT2D eigenvalue weighted by Crippen LogP contribution is 1.81. The molecule has 0 radical (unpaired) electrons. The third kappa shape index (κ3) is 851. The molecule has 0 amide bonds. The predicted octanol–water partition coefficient (Wildman–Crippen LogP) is 8.12. The summed E-state index contributed by atoms with van der Waals surface area (Å²) in [7, 11) is 1.00. The van der Waals surface area contributed by atoms with Gasteiger partial charge in [-0.25, -0.2) is 4.79 Å². The van der Waals surface area contributed by atoms with Crippen molar-refractivity contribution in [3.8, 4) is 0 Å². The maximum absolute atomic E-state index is 10.2. The highest BCUT2D eigenvalue weighted by Gasteiger charge is 1.89. The Bertz CT molecular complexity index is 131. The van der Waals surface area contributed by atoms with Gasteiger partial charge in [0.05, 0.1) is 6.61 Å². The summed E-state index contributed by atoms with van der Waals surface area (Å²) in [5.74, 6) is -0.341. The van der Waals surface area contributed by atoms with Crippen LogP contribution in [0.2, 0.25) is 0 Å². The first-order valence-corrected chi connectivity index (χ1v) is 5.25. The fourth-order valence-electron chi connectivity index (χ4n) is 0.262. The van der Waals surface area contributed by atoms with E-state index < -0.39 is 0 Å². The molecule has 30 heavy (non-hydrogen) atoms. The number of carbonyl (C=O) groups is 2. The lowest BCUT2D eigenvalue weighted by molar-refractivity contribution is -0.137. The molecule has 0 bridgehead atoms. The second-order valence-electron chi connectivity index (χ2n) is 2.08. The van der Waals surface area contributed by atoms with Gasteiger partial charge in [-0.2, -0.15) is 0 Å². The van der Waals surface area contributed by atoms with Crippen LogP contribution in [0.25, 0.3) is 0 Å². The summed E-state index contributed by atoms with van der Waals surface area (Å²) >= 11 is 0. The number of rotatable bonds is 3. The Hall–Kier alpha value is -1.50. The first kappa shape index (κ1) is 195. The molecule has 0 aromatic carbocycles. The molecule has 0 saturated carbocycles. The molecule has 0 unspecified atom stereocenters. The monoisotopic (exact) mass is 461 g/mol. The van der Waals surface area contributed by atoms with Crippen LogP contribution in [-0.4, -0.2) is 42.5 Å². The van der Waals surface area contributed by atoms with Crippen LogP contribution in [0.4, 0.5) is 0 Å². The van der Waals surface area contributed by atoms with Gasteiger partial charge in [0.25, 0.3) is 0 Å². The molecule has 6 heteroatoms. The van der Waals surface area contributed by atoms with E-state index in [4.69, 9.17) is 9.90 Å². The molecule has 0 spiro atoms. The van der Waals surface area contributed by atoms with Crippen LogP contribution < -0.4 is 0 Å². The number of aliphatic hydroxyl groups is 1. The van der Waals surface area contributed by atoms with Crippen molar-refractivity contribution in [2.45, 2.75) is 115 Å². The standard InChI is InChI=1S/C6H10O2.C3H8.C2H4.CH4O.CH2O.11CH4.2H2O/c1-3-5-8-6(7)4-2;1-3-2;3*1-2;;;;;;;;;;;;;/h4H,2-3,5H2,1H3;3H2,1-2H3;1-2H2;2H,1H3;1H2;11*1H4;2*1H2. The summed E-state index contributed by atoms with van der Waals surface area (Å²) in [6.07, 6.45) is 3.27. The van der Waals surface area contributed by atoms with Gasteiger partial charge in [-0.3, -0.25) is 0 Å². The highest BCUT2D eigenvalue weighted by molar-refractivity contribution is 5.81. The number of hydrogen-bond donors (Lipinski definition) is 1. The Morgan fingerprint density at radius 1 is 0.733 bits per heavy atom. The second kappa shape index (κ2) is 457. The molecular weight excluding hydrogens is 384 g/mol. The van der Waals surface area contributed by atoms with Crippen LogP contribution >= 0.6 is 0 Å². The van der Waals surface area contributed by atoms with Crippen LogP contribution in [0.1, 0.15) is 115 Å². The number of carbonyl (C=O) groups excluding carboxylic acids is 2. The van der Waals surface area contributed by atoms with Crippen molar-refractivity contribution in [2.75, 3.05) is 13.7 Å². The molecule has 6 nitrogen and oxygen atoms in total. The smallest absolute Gasteiger partial charge is 0.330 e. The fourth-order valence-corrected chi connectivity index (χ4v) is 0.262. The van der Waals surface area contributed by atoms with Gasteiger partial charge in [0.1, 0.15) is 6.79 Å². The molecule has 0 aliphatic heterocycles. The van der Waals surface area contributed by atoms with Crippen LogP contribution in [0, 0.1) is 0 Å². The lowest BCUT2D eigenvalue weighted by Crippen LogP contribution is -1.99. The molecule has 5 N–H and O–H groups in total. The number of aliphatic hydroxyl groups excluding tert-OH is 1. The normalized spacial score (nSPS) is 3.23. The molecule has 0 heterocycles. The van der Waals surface area contributed by atoms with Crippen LogP contribution in [0.3, 0.4) is 0 Å². The van der Waals surface area contributed by atoms with Gasteiger partial charge in [0.15, 0.2) is 0 Å². The maximum Gasteiger partial charge on any atom is 0.330 e. The van der Waals surface area contributed by atoms with E-state index in [0.29, 0.717) is 6.61 Å². The molecule has 0 aromatic heterocycles. The average Bonchev–Trinajstić information content (AvgIpc) is 2.43. The minimum Gasteiger partial charge on any atom is -0.463 e. The summed E-state index contributed by atoms with van der Waals surface area (Å²) in [4.78, 5) is 18.2. The van der Waals surface area contributed by atoms with E-state index >= 15 is 0 Å². The fraction of sp³-hybridized carbons (Fsp3) is 0.750. The molecule has 0 aromatic rings. The van der Waals surface area contributed by atoms with Gasteiger partial charge >= 0.3 is 5.97 Å². The first-order chi connectivity index (χ1) is 8.22. The largest absolute Gasteiger partial charge is 0.463 e. The summed E-state index contributed by atoms with van der Waals surface area (Å²) < 4.78 is 4.58. The zero-order chi connectivity index (χ0) is 15.1. The van der Waals surface area contributed by atoms with Gasteiger partial charge in [0, 0.05) is 13.2 Å². The zero-order valence-corrected chi connectivity index (χ0v) is 12.7. The summed E-state index contributed by atoms with van der Waals surface area (Å²) in [6, 6.07) is 0. The Morgan fingerprint density at radius 2 is 0.900 bits per heavy atom. The van der Waals surface area contributed by atoms with E-state index in [2.05, 4.69) is 38.3 Å². The van der Waals surface area contributed by atoms with Gasteiger partial charge in [-0.1, -0.05) is 115 Å². The maximum atomic E-state index is 10.2. The van der Waals surface area contributed by atoms with Crippen molar-refractivity contribution in [2.24, 2.45) is 0 Å². The SMILES string of the molecule is C.C.C.C.C.C.C.C.C.C.C.C=C.C=CC(=O)OCCC.C=O.CCC.CO.O.O. The summed E-state index contributed by atoms with van der Waals surface area (Å²) in [5.41, 5.74) is 0. The van der Waals surface area contributed by atoms with Crippen molar-refractivity contribution < 1.29 is 30.4 Å². The zero-order valence-electron chi connectivity index (χ0n) is 12.7. The molecular formula is C24H76O6. The van der Waals surface area contributed by atoms with E-state index in [1.807, 2.05) is 13.7 Å². The molecule has 0 rings (SSSR count). The molecule has 208 valence electrons. The molecule has 0 atom stereocenters. The quantitative estimate of drug-likeness (QED) is 0.259. The van der Waals surface area contributed by atoms with Gasteiger partial charge < -0.3 is 25.6 Å². The topological polar surface area (TPSA) is 127 Å². The highest BCUT2D eigenvalue weighted by atomic mass is 16.5. The van der Waals surface area contributed by atoms with Gasteiger partial charge in [-0.15, -0.1) is 13.2 Å². The Kier molecular flexibility index (Phi) is 2980. The van der Waals surface area contributed by atoms with E-state index in [-0.39, 0.29) is 98.6 Å². The van der Waals surface area contributed by atoms with Gasteiger partial charge in [0.2, 0.25) is 0 Å². The van der Waals surface area contributed by atoms with Crippen molar-refractivity contribution in [3.63, 3.8) is 0 Å². The number of hydrogen-bond acceptors (Lipinski definition) is 4. The summed E-state index contributed by atoms with van der Waals surface area (Å²) in [5, 5.41) is 7.00. The Balaban J connectivity index is -0.00000000375. The lowest BCUT2D eigenvalue weighted by atomic mass is 10.5.